The van der Waals surface area contributed by atoms with Gasteiger partial charge in [0.15, 0.2) is 0 Å². The largest absolute Gasteiger partial charge is 0.394 e. The minimum atomic E-state index is -2.82. The Bertz CT molecular complexity index is 257. The normalized spacial score (nSPS) is 36.8. The molecule has 0 bridgehead atoms. The first kappa shape index (κ1) is 8.87. The van der Waals surface area contributed by atoms with Crippen molar-refractivity contribution in [2.75, 3.05) is 13.2 Å². The van der Waals surface area contributed by atoms with Gasteiger partial charge in [0.2, 0.25) is 5.91 Å². The number of fused-ring (bicyclic) bond motifs is 1. The summed E-state index contributed by atoms with van der Waals surface area (Å²) in [6.07, 6.45) is 0.261. The van der Waals surface area contributed by atoms with Gasteiger partial charge in [-0.05, 0) is 6.42 Å². The molecular formula is C8H11F2NO2. The second kappa shape index (κ2) is 2.41. The SMILES string of the molecule is O=C1CC[C@]2(CO)CC(F)(F)CN12. The monoisotopic (exact) mass is 191 g/mol. The summed E-state index contributed by atoms with van der Waals surface area (Å²) in [4.78, 5) is 12.3. The lowest BCUT2D eigenvalue weighted by Crippen LogP contribution is -2.43. The molecule has 1 N–H and O–H groups in total. The van der Waals surface area contributed by atoms with Crippen molar-refractivity contribution in [1.29, 1.82) is 0 Å². The summed E-state index contributed by atoms with van der Waals surface area (Å²) in [5, 5.41) is 9.05. The Balaban J connectivity index is 2.29. The van der Waals surface area contributed by atoms with Gasteiger partial charge in [0.05, 0.1) is 18.7 Å². The number of alkyl halides is 2. The van der Waals surface area contributed by atoms with Gasteiger partial charge in [-0.15, -0.1) is 0 Å². The fourth-order valence-electron chi connectivity index (χ4n) is 2.30. The van der Waals surface area contributed by atoms with Crippen LogP contribution in [0.4, 0.5) is 8.78 Å². The zero-order chi connectivity index (χ0) is 9.69. The first-order chi connectivity index (χ1) is 5.99. The second-order valence-electron chi connectivity index (χ2n) is 3.90. The van der Waals surface area contributed by atoms with Crippen molar-refractivity contribution in [3.05, 3.63) is 0 Å². The van der Waals surface area contributed by atoms with E-state index in [0.717, 1.165) is 4.90 Å². The Labute approximate surface area is 74.3 Å². The summed E-state index contributed by atoms with van der Waals surface area (Å²) in [6, 6.07) is 0. The van der Waals surface area contributed by atoms with Crippen molar-refractivity contribution >= 4 is 5.91 Å². The predicted molar refractivity (Wildman–Crippen MR) is 40.3 cm³/mol. The van der Waals surface area contributed by atoms with Crippen LogP contribution in [0.3, 0.4) is 0 Å². The Hall–Kier alpha value is -0.710. The van der Waals surface area contributed by atoms with Gasteiger partial charge in [-0.2, -0.15) is 0 Å². The second-order valence-corrected chi connectivity index (χ2v) is 3.90. The van der Waals surface area contributed by atoms with Crippen molar-refractivity contribution < 1.29 is 18.7 Å². The number of hydrogen-bond donors (Lipinski definition) is 1. The molecule has 0 aliphatic carbocycles. The van der Waals surface area contributed by atoms with Crippen LogP contribution in [0.5, 0.6) is 0 Å². The summed E-state index contributed by atoms with van der Waals surface area (Å²) in [5.74, 6) is -3.08. The van der Waals surface area contributed by atoms with Crippen molar-refractivity contribution in [1.82, 2.24) is 4.90 Å². The van der Waals surface area contributed by atoms with Gasteiger partial charge in [0.25, 0.3) is 5.92 Å². The van der Waals surface area contributed by atoms with E-state index in [-0.39, 0.29) is 25.4 Å². The van der Waals surface area contributed by atoms with Gasteiger partial charge in [-0.1, -0.05) is 0 Å². The molecule has 0 saturated carbocycles. The minimum absolute atomic E-state index is 0.258. The fourth-order valence-corrected chi connectivity index (χ4v) is 2.30. The first-order valence-corrected chi connectivity index (χ1v) is 4.28. The maximum atomic E-state index is 13.0. The summed E-state index contributed by atoms with van der Waals surface area (Å²) >= 11 is 0. The lowest BCUT2D eigenvalue weighted by atomic mass is 9.94. The van der Waals surface area contributed by atoms with E-state index in [2.05, 4.69) is 0 Å². The number of rotatable bonds is 1. The smallest absolute Gasteiger partial charge is 0.267 e. The molecule has 2 heterocycles. The van der Waals surface area contributed by atoms with E-state index in [4.69, 9.17) is 5.11 Å². The third-order valence-electron chi connectivity index (χ3n) is 2.95. The Morgan fingerprint density at radius 3 is 2.77 bits per heavy atom. The van der Waals surface area contributed by atoms with Gasteiger partial charge >= 0.3 is 0 Å². The van der Waals surface area contributed by atoms with Crippen molar-refractivity contribution in [2.24, 2.45) is 0 Å². The van der Waals surface area contributed by atoms with E-state index in [1.807, 2.05) is 0 Å². The summed E-state index contributed by atoms with van der Waals surface area (Å²) < 4.78 is 25.9. The number of carbonyl (C=O) groups excluding carboxylic acids is 1. The molecule has 2 aliphatic rings. The number of carbonyl (C=O) groups is 1. The number of amides is 1. The van der Waals surface area contributed by atoms with Crippen LogP contribution in [0.1, 0.15) is 19.3 Å². The molecular weight excluding hydrogens is 180 g/mol. The van der Waals surface area contributed by atoms with E-state index < -0.39 is 18.0 Å². The Kier molecular flexibility index (Phi) is 1.64. The molecule has 0 radical (unpaired) electrons. The molecule has 74 valence electrons. The molecule has 0 aromatic heterocycles. The molecule has 1 atom stereocenters. The Morgan fingerprint density at radius 2 is 2.23 bits per heavy atom. The van der Waals surface area contributed by atoms with Gasteiger partial charge < -0.3 is 10.0 Å². The van der Waals surface area contributed by atoms with Crippen LogP contribution in [0.25, 0.3) is 0 Å². The molecule has 2 saturated heterocycles. The summed E-state index contributed by atoms with van der Waals surface area (Å²) in [7, 11) is 0. The van der Waals surface area contributed by atoms with Crippen molar-refractivity contribution in [3.63, 3.8) is 0 Å². The molecule has 1 amide bonds. The lowest BCUT2D eigenvalue weighted by Gasteiger charge is -2.28. The molecule has 3 nitrogen and oxygen atoms in total. The first-order valence-electron chi connectivity index (χ1n) is 4.28. The van der Waals surface area contributed by atoms with Crippen LogP contribution in [0, 0.1) is 0 Å². The molecule has 0 spiro atoms. The van der Waals surface area contributed by atoms with E-state index >= 15 is 0 Å². The van der Waals surface area contributed by atoms with Gasteiger partial charge in [-0.25, -0.2) is 8.78 Å². The molecule has 0 aromatic carbocycles. The van der Waals surface area contributed by atoms with Crippen LogP contribution in [0.15, 0.2) is 0 Å². The van der Waals surface area contributed by atoms with E-state index in [1.54, 1.807) is 0 Å². The minimum Gasteiger partial charge on any atom is -0.394 e. The van der Waals surface area contributed by atoms with Gasteiger partial charge in [-0.3, -0.25) is 4.79 Å². The maximum Gasteiger partial charge on any atom is 0.267 e. The number of hydrogen-bond acceptors (Lipinski definition) is 2. The molecule has 2 aliphatic heterocycles. The van der Waals surface area contributed by atoms with Crippen molar-refractivity contribution in [3.8, 4) is 0 Å². The molecule has 2 rings (SSSR count). The third-order valence-corrected chi connectivity index (χ3v) is 2.95. The van der Waals surface area contributed by atoms with Crippen LogP contribution >= 0.6 is 0 Å². The van der Waals surface area contributed by atoms with Crippen LogP contribution < -0.4 is 0 Å². The predicted octanol–water partition coefficient (Wildman–Crippen LogP) is 0.379. The Morgan fingerprint density at radius 1 is 1.54 bits per heavy atom. The quantitative estimate of drug-likeness (QED) is 0.650. The number of nitrogens with zero attached hydrogens (tertiary/aromatic N) is 1. The molecule has 13 heavy (non-hydrogen) atoms. The molecule has 0 unspecified atom stereocenters. The standard InChI is InChI=1S/C8H11F2NO2/c9-8(10)3-7(5-12)2-1-6(13)11(7)4-8/h12H,1-5H2/t7-/m1/s1. The summed E-state index contributed by atoms with van der Waals surface area (Å²) in [5.41, 5.74) is -0.958. The van der Waals surface area contributed by atoms with E-state index in [1.165, 1.54) is 0 Å². The molecule has 2 fully saturated rings. The van der Waals surface area contributed by atoms with E-state index in [9.17, 15) is 13.6 Å². The average Bonchev–Trinajstić information content (AvgIpc) is 2.47. The average molecular weight is 191 g/mol. The van der Waals surface area contributed by atoms with Crippen molar-refractivity contribution in [2.45, 2.75) is 30.7 Å². The molecule has 5 heteroatoms. The van der Waals surface area contributed by atoms with Gasteiger partial charge in [0.1, 0.15) is 0 Å². The maximum absolute atomic E-state index is 13.0. The highest BCUT2D eigenvalue weighted by molar-refractivity contribution is 5.80. The lowest BCUT2D eigenvalue weighted by molar-refractivity contribution is -0.131. The highest BCUT2D eigenvalue weighted by Gasteiger charge is 2.58. The highest BCUT2D eigenvalue weighted by atomic mass is 19.3. The fraction of sp³-hybridized carbons (Fsp3) is 0.875. The van der Waals surface area contributed by atoms with Gasteiger partial charge in [0, 0.05) is 12.8 Å². The van der Waals surface area contributed by atoms with Crippen LogP contribution in [0.2, 0.25) is 0 Å². The highest BCUT2D eigenvalue weighted by Crippen LogP contribution is 2.45. The summed E-state index contributed by atoms with van der Waals surface area (Å²) in [6.45, 7) is -0.874. The van der Waals surface area contributed by atoms with E-state index in [0.29, 0.717) is 6.42 Å². The number of aliphatic hydroxyl groups is 1. The third kappa shape index (κ3) is 1.14. The molecule has 0 aromatic rings. The zero-order valence-corrected chi connectivity index (χ0v) is 7.09. The zero-order valence-electron chi connectivity index (χ0n) is 7.09. The number of aliphatic hydroxyl groups excluding tert-OH is 1. The number of halogens is 2. The topological polar surface area (TPSA) is 40.5 Å². The van der Waals surface area contributed by atoms with Crippen LogP contribution in [-0.4, -0.2) is 40.5 Å². The van der Waals surface area contributed by atoms with Crippen LogP contribution in [-0.2, 0) is 4.79 Å².